The van der Waals surface area contributed by atoms with Gasteiger partial charge in [-0.2, -0.15) is 0 Å². The van der Waals surface area contributed by atoms with Gasteiger partial charge in [0.1, 0.15) is 12.7 Å². The average molecular weight is 1010 g/mol. The van der Waals surface area contributed by atoms with Gasteiger partial charge in [-0.15, -0.1) is 0 Å². The Balaban J connectivity index is 1.01. The van der Waals surface area contributed by atoms with E-state index in [0.29, 0.717) is 18.4 Å². The number of carbonyl (C=O) groups excluding carboxylic acids is 4. The third-order valence-corrected chi connectivity index (χ3v) is 14.8. The molecule has 75 heavy (non-hydrogen) atoms. The highest BCUT2D eigenvalue weighted by atomic mass is 16.7. The molecule has 13 heteroatoms. The molecule has 390 valence electrons. The molecule has 0 aliphatic carbocycles. The van der Waals surface area contributed by atoms with Gasteiger partial charge < -0.3 is 38.6 Å². The van der Waals surface area contributed by atoms with Gasteiger partial charge in [-0.05, 0) is 141 Å². The number of hydrogen-bond donors (Lipinski definition) is 1. The SMILES string of the molecule is Cc1cc(/C=C/CCN2CCCC3(CCNCC3)C2)ccc1CC1=C(C(C)C)CN=C1O[C@@H]1O[C@H](COC(=O)c2ccccc2)[C@@H](OC(=O)c2ccccc2)[C@H](OC(=O)c2ccccc2)[C@H]1OC(=O)c1ccccc1. The molecule has 0 saturated carbocycles. The van der Waals surface area contributed by atoms with E-state index in [1.807, 2.05) is 0 Å². The van der Waals surface area contributed by atoms with E-state index < -0.39 is 61.2 Å². The molecule has 4 aliphatic rings. The molecule has 1 spiro atoms. The van der Waals surface area contributed by atoms with Crippen LogP contribution in [0.5, 0.6) is 0 Å². The number of carbonyl (C=O) groups is 4. The zero-order valence-corrected chi connectivity index (χ0v) is 43.1. The summed E-state index contributed by atoms with van der Waals surface area (Å²) in [4.78, 5) is 63.7. The van der Waals surface area contributed by atoms with E-state index in [1.54, 1.807) is 121 Å². The highest BCUT2D eigenvalue weighted by molar-refractivity contribution is 5.97. The molecule has 13 nitrogen and oxygen atoms in total. The lowest BCUT2D eigenvalue weighted by atomic mass is 9.73. The van der Waals surface area contributed by atoms with Crippen molar-refractivity contribution in [1.82, 2.24) is 10.2 Å². The minimum Gasteiger partial charge on any atom is -0.459 e. The molecule has 4 aliphatic heterocycles. The Morgan fingerprint density at radius 2 is 1.28 bits per heavy atom. The first-order valence-corrected chi connectivity index (χ1v) is 26.3. The van der Waals surface area contributed by atoms with Crippen molar-refractivity contribution in [1.29, 1.82) is 0 Å². The second-order valence-corrected chi connectivity index (χ2v) is 20.3. The molecule has 5 aromatic rings. The van der Waals surface area contributed by atoms with E-state index in [0.717, 1.165) is 53.9 Å². The lowest BCUT2D eigenvalue weighted by Gasteiger charge is -2.45. The van der Waals surface area contributed by atoms with E-state index in [-0.39, 0.29) is 34.1 Å². The first-order valence-electron chi connectivity index (χ1n) is 26.3. The molecule has 3 fully saturated rings. The number of aliphatic imine (C=N–C) groups is 1. The van der Waals surface area contributed by atoms with Gasteiger partial charge in [0.15, 0.2) is 12.2 Å². The number of esters is 4. The normalized spacial score (nSPS) is 21.7. The van der Waals surface area contributed by atoms with Crippen LogP contribution >= 0.6 is 0 Å². The standard InChI is InChI=1S/C62H67N3O10/c1-42(2)51-39-64-56(50(51)38-49-29-28-44(37-43(49)3)19-16-17-35-65-36-18-30-62(41-65)31-33-63-34-32-62)75-61-55(74-60(69)48-26-14-7-15-27-48)54(73-59(68)47-24-12-6-13-25-47)53(72-58(67)46-22-10-5-11-23-46)52(71-61)40-70-57(66)45-20-8-4-9-21-45/h4-16,19-29,37,42,52-55,61,63H,17-18,30-36,38-41H2,1-3H3/b19-16+/t52-,53-,54+,55-,61+/m1/s1. The van der Waals surface area contributed by atoms with Crippen LogP contribution in [0.25, 0.3) is 6.08 Å². The van der Waals surface area contributed by atoms with Crippen molar-refractivity contribution in [2.75, 3.05) is 45.9 Å². The third kappa shape index (κ3) is 13.4. The molecule has 0 bridgehead atoms. The Labute approximate surface area is 439 Å². The van der Waals surface area contributed by atoms with Gasteiger partial charge in [0.05, 0.1) is 28.8 Å². The molecule has 5 atom stereocenters. The molecule has 0 unspecified atom stereocenters. The maximum absolute atomic E-state index is 14.2. The maximum Gasteiger partial charge on any atom is 0.338 e. The fraction of sp³-hybridized carbons (Fsp3) is 0.371. The van der Waals surface area contributed by atoms with Gasteiger partial charge in [0, 0.05) is 25.1 Å². The zero-order valence-electron chi connectivity index (χ0n) is 43.1. The van der Waals surface area contributed by atoms with Gasteiger partial charge in [0.2, 0.25) is 18.3 Å². The van der Waals surface area contributed by atoms with E-state index in [4.69, 9.17) is 33.4 Å². The van der Waals surface area contributed by atoms with E-state index in [2.05, 4.69) is 61.3 Å². The van der Waals surface area contributed by atoms with Crippen LogP contribution in [0.15, 0.2) is 162 Å². The summed E-state index contributed by atoms with van der Waals surface area (Å²) in [5, 5.41) is 3.54. The predicted molar refractivity (Wildman–Crippen MR) is 286 cm³/mol. The monoisotopic (exact) mass is 1010 g/mol. The zero-order chi connectivity index (χ0) is 52.2. The second-order valence-electron chi connectivity index (χ2n) is 20.3. The average Bonchev–Trinajstić information content (AvgIpc) is 3.84. The first kappa shape index (κ1) is 52.7. The summed E-state index contributed by atoms with van der Waals surface area (Å²) in [6.07, 6.45) is 3.58. The van der Waals surface area contributed by atoms with Crippen molar-refractivity contribution < 1.29 is 47.6 Å². The van der Waals surface area contributed by atoms with E-state index >= 15 is 0 Å². The molecule has 1 N–H and O–H groups in total. The molecule has 4 heterocycles. The van der Waals surface area contributed by atoms with Crippen LogP contribution < -0.4 is 5.32 Å². The molecule has 0 amide bonds. The van der Waals surface area contributed by atoms with Gasteiger partial charge in [0.25, 0.3) is 0 Å². The van der Waals surface area contributed by atoms with E-state index in [1.165, 1.54) is 38.8 Å². The summed E-state index contributed by atoms with van der Waals surface area (Å²) in [6, 6.07) is 39.8. The van der Waals surface area contributed by atoms with Crippen LogP contribution in [0.1, 0.15) is 104 Å². The summed E-state index contributed by atoms with van der Waals surface area (Å²) in [7, 11) is 0. The third-order valence-electron chi connectivity index (χ3n) is 14.8. The Bertz CT molecular complexity index is 2840. The number of aryl methyl sites for hydroxylation is 1. The van der Waals surface area contributed by atoms with Crippen molar-refractivity contribution in [3.8, 4) is 0 Å². The Morgan fingerprint density at radius 1 is 0.720 bits per heavy atom. The second kappa shape index (κ2) is 24.9. The Hall–Kier alpha value is -7.19. The largest absolute Gasteiger partial charge is 0.459 e. The quantitative estimate of drug-likeness (QED) is 0.0697. The highest BCUT2D eigenvalue weighted by Gasteiger charge is 2.55. The van der Waals surface area contributed by atoms with Crippen LogP contribution in [0.2, 0.25) is 0 Å². The fourth-order valence-electron chi connectivity index (χ4n) is 10.6. The number of piperidine rings is 2. The Morgan fingerprint density at radius 3 is 1.85 bits per heavy atom. The number of rotatable bonds is 17. The fourth-order valence-corrected chi connectivity index (χ4v) is 10.6. The topological polar surface area (TPSA) is 151 Å². The smallest absolute Gasteiger partial charge is 0.338 e. The van der Waals surface area contributed by atoms with Gasteiger partial charge in [-0.25, -0.2) is 24.2 Å². The number of nitrogens with one attached hydrogen (secondary N) is 1. The minimum atomic E-state index is -1.58. The minimum absolute atomic E-state index is 0.0856. The predicted octanol–water partition coefficient (Wildman–Crippen LogP) is 10.0. The number of likely N-dealkylation sites (tertiary alicyclic amines) is 1. The maximum atomic E-state index is 14.2. The highest BCUT2D eigenvalue weighted by Crippen LogP contribution is 2.39. The molecule has 3 saturated heterocycles. The lowest BCUT2D eigenvalue weighted by Crippen LogP contribution is -2.63. The van der Waals surface area contributed by atoms with Crippen molar-refractivity contribution in [2.45, 2.75) is 90.0 Å². The van der Waals surface area contributed by atoms with Gasteiger partial charge in [-0.1, -0.05) is 117 Å². The van der Waals surface area contributed by atoms with Gasteiger partial charge in [-0.3, -0.25) is 0 Å². The summed E-state index contributed by atoms with van der Waals surface area (Å²) in [5.74, 6) is -2.71. The molecule has 0 aromatic heterocycles. The van der Waals surface area contributed by atoms with Crippen molar-refractivity contribution in [3.05, 3.63) is 196 Å². The first-order chi connectivity index (χ1) is 36.5. The van der Waals surface area contributed by atoms with Crippen LogP contribution in [-0.2, 0) is 34.8 Å². The van der Waals surface area contributed by atoms with Crippen LogP contribution in [0, 0.1) is 18.3 Å². The van der Waals surface area contributed by atoms with Crippen LogP contribution in [-0.4, -0.2) is 111 Å². The molecule has 5 aromatic carbocycles. The molecular formula is C62H67N3O10. The lowest BCUT2D eigenvalue weighted by molar-refractivity contribution is -0.278. The Kier molecular flexibility index (Phi) is 17.5. The van der Waals surface area contributed by atoms with Crippen molar-refractivity contribution in [2.24, 2.45) is 16.3 Å². The number of benzene rings is 5. The molecule has 9 rings (SSSR count). The molecule has 0 radical (unpaired) electrons. The van der Waals surface area contributed by atoms with Crippen molar-refractivity contribution in [3.63, 3.8) is 0 Å². The van der Waals surface area contributed by atoms with Crippen molar-refractivity contribution >= 4 is 35.9 Å². The van der Waals surface area contributed by atoms with E-state index in [9.17, 15) is 19.2 Å². The van der Waals surface area contributed by atoms with Gasteiger partial charge >= 0.3 is 23.9 Å². The molecular weight excluding hydrogens is 947 g/mol. The summed E-state index contributed by atoms with van der Waals surface area (Å²) < 4.78 is 38.4. The number of hydrogen-bond acceptors (Lipinski definition) is 13. The number of ether oxygens (including phenoxy) is 6. The van der Waals surface area contributed by atoms with Crippen LogP contribution in [0.4, 0.5) is 0 Å². The number of nitrogens with zero attached hydrogens (tertiary/aromatic N) is 2. The van der Waals surface area contributed by atoms with Crippen LogP contribution in [0.3, 0.4) is 0 Å². The summed E-state index contributed by atoms with van der Waals surface area (Å²) in [5.41, 5.74) is 6.51. The summed E-state index contributed by atoms with van der Waals surface area (Å²) >= 11 is 0. The summed E-state index contributed by atoms with van der Waals surface area (Å²) in [6.45, 7) is 11.9.